The Labute approximate surface area is 75.8 Å². The fourth-order valence-corrected chi connectivity index (χ4v) is 1.55. The van der Waals surface area contributed by atoms with Crippen molar-refractivity contribution in [2.45, 2.75) is 27.3 Å². The molecule has 0 aliphatic heterocycles. The first kappa shape index (κ1) is 8.78. The first-order chi connectivity index (χ1) is 5.09. The second-order valence-electron chi connectivity index (χ2n) is 3.16. The van der Waals surface area contributed by atoms with Crippen molar-refractivity contribution in [3.05, 3.63) is 16.6 Å². The molecule has 0 spiro atoms. The van der Waals surface area contributed by atoms with Crippen LogP contribution in [0.2, 0.25) is 0 Å². The summed E-state index contributed by atoms with van der Waals surface area (Å²) in [4.78, 5) is 4.24. The zero-order valence-corrected chi connectivity index (χ0v) is 8.72. The molecule has 0 N–H and O–H groups in total. The van der Waals surface area contributed by atoms with E-state index in [1.54, 1.807) is 0 Å². The molecule has 0 atom stereocenters. The molecular weight excluding hydrogens is 204 g/mol. The van der Waals surface area contributed by atoms with Crippen molar-refractivity contribution in [1.82, 2.24) is 9.55 Å². The smallest absolute Gasteiger partial charge is 0.124 e. The van der Waals surface area contributed by atoms with Gasteiger partial charge in [-0.3, -0.25) is 0 Å². The van der Waals surface area contributed by atoms with Crippen LogP contribution in [0.1, 0.15) is 19.7 Å². The Morgan fingerprint density at radius 3 is 2.64 bits per heavy atom. The van der Waals surface area contributed by atoms with E-state index in [0.29, 0.717) is 5.92 Å². The molecule has 11 heavy (non-hydrogen) atoms. The van der Waals surface area contributed by atoms with Crippen LogP contribution >= 0.6 is 15.9 Å². The maximum atomic E-state index is 4.24. The third kappa shape index (κ3) is 2.33. The number of imidazole rings is 1. The molecule has 1 aromatic rings. The Kier molecular flexibility index (Phi) is 2.71. The van der Waals surface area contributed by atoms with Gasteiger partial charge in [-0.15, -0.1) is 0 Å². The first-order valence-electron chi connectivity index (χ1n) is 3.79. The van der Waals surface area contributed by atoms with Crippen LogP contribution in [0.3, 0.4) is 0 Å². The van der Waals surface area contributed by atoms with Crippen molar-refractivity contribution in [3.63, 3.8) is 0 Å². The van der Waals surface area contributed by atoms with Gasteiger partial charge < -0.3 is 4.57 Å². The van der Waals surface area contributed by atoms with Crippen LogP contribution in [0, 0.1) is 12.8 Å². The van der Waals surface area contributed by atoms with Gasteiger partial charge >= 0.3 is 0 Å². The highest BCUT2D eigenvalue weighted by Crippen LogP contribution is 2.10. The van der Waals surface area contributed by atoms with Crippen LogP contribution in [0.4, 0.5) is 0 Å². The molecule has 2 nitrogen and oxygen atoms in total. The van der Waals surface area contributed by atoms with Gasteiger partial charge in [0.2, 0.25) is 0 Å². The summed E-state index contributed by atoms with van der Waals surface area (Å²) in [5.41, 5.74) is 0. The van der Waals surface area contributed by atoms with Gasteiger partial charge in [-0.2, -0.15) is 0 Å². The van der Waals surface area contributed by atoms with Crippen LogP contribution in [-0.2, 0) is 6.54 Å². The third-order valence-corrected chi connectivity index (χ3v) is 1.89. The van der Waals surface area contributed by atoms with E-state index in [2.05, 4.69) is 39.3 Å². The highest BCUT2D eigenvalue weighted by atomic mass is 79.9. The molecule has 1 rings (SSSR count). The molecule has 0 radical (unpaired) electrons. The molecule has 0 fully saturated rings. The molecule has 0 amide bonds. The molecule has 0 aliphatic carbocycles. The molecule has 0 bridgehead atoms. The Morgan fingerprint density at radius 1 is 1.64 bits per heavy atom. The van der Waals surface area contributed by atoms with Gasteiger partial charge in [-0.1, -0.05) is 13.8 Å². The minimum Gasteiger partial charge on any atom is -0.334 e. The van der Waals surface area contributed by atoms with Gasteiger partial charge in [-0.05, 0) is 28.8 Å². The molecule has 0 aliphatic rings. The van der Waals surface area contributed by atoms with E-state index in [-0.39, 0.29) is 0 Å². The quantitative estimate of drug-likeness (QED) is 0.744. The van der Waals surface area contributed by atoms with E-state index in [4.69, 9.17) is 0 Å². The third-order valence-electron chi connectivity index (χ3n) is 1.51. The van der Waals surface area contributed by atoms with E-state index >= 15 is 0 Å². The van der Waals surface area contributed by atoms with Crippen molar-refractivity contribution in [1.29, 1.82) is 0 Å². The largest absolute Gasteiger partial charge is 0.334 e. The Bertz CT molecular complexity index is 240. The van der Waals surface area contributed by atoms with Gasteiger partial charge in [0.15, 0.2) is 0 Å². The number of aromatic nitrogens is 2. The molecule has 0 saturated carbocycles. The van der Waals surface area contributed by atoms with Crippen LogP contribution in [0.15, 0.2) is 10.8 Å². The summed E-state index contributed by atoms with van der Waals surface area (Å²) in [7, 11) is 0. The lowest BCUT2D eigenvalue weighted by Gasteiger charge is -2.06. The lowest BCUT2D eigenvalue weighted by atomic mass is 10.2. The van der Waals surface area contributed by atoms with Crippen molar-refractivity contribution in [2.24, 2.45) is 5.92 Å². The van der Waals surface area contributed by atoms with Crippen molar-refractivity contribution >= 4 is 15.9 Å². The average molecular weight is 217 g/mol. The summed E-state index contributed by atoms with van der Waals surface area (Å²) in [6.07, 6.45) is 2.02. The van der Waals surface area contributed by atoms with E-state index in [1.807, 2.05) is 13.1 Å². The van der Waals surface area contributed by atoms with Crippen molar-refractivity contribution < 1.29 is 0 Å². The number of nitrogens with zero attached hydrogens (tertiary/aromatic N) is 2. The number of hydrogen-bond acceptors (Lipinski definition) is 1. The van der Waals surface area contributed by atoms with Crippen LogP contribution in [-0.4, -0.2) is 9.55 Å². The maximum Gasteiger partial charge on any atom is 0.124 e. The van der Waals surface area contributed by atoms with Gasteiger partial charge in [0.25, 0.3) is 0 Å². The van der Waals surface area contributed by atoms with E-state index in [0.717, 1.165) is 17.0 Å². The fraction of sp³-hybridized carbons (Fsp3) is 0.625. The topological polar surface area (TPSA) is 17.8 Å². The van der Waals surface area contributed by atoms with E-state index in [9.17, 15) is 0 Å². The second-order valence-corrected chi connectivity index (χ2v) is 3.97. The molecular formula is C8H13BrN2. The molecule has 1 heterocycles. The maximum absolute atomic E-state index is 4.24. The van der Waals surface area contributed by atoms with Gasteiger partial charge in [-0.25, -0.2) is 4.98 Å². The Hall–Kier alpha value is -0.310. The zero-order valence-electron chi connectivity index (χ0n) is 7.13. The molecule has 0 aromatic carbocycles. The standard InChI is InChI=1S/C8H13BrN2/c1-6(2)4-11-5-8(9)10-7(11)3/h5-6H,4H2,1-3H3. The monoisotopic (exact) mass is 216 g/mol. The SMILES string of the molecule is Cc1nc(Br)cn1CC(C)C. The Balaban J connectivity index is 2.77. The highest BCUT2D eigenvalue weighted by molar-refractivity contribution is 9.10. The molecule has 1 aromatic heterocycles. The van der Waals surface area contributed by atoms with Crippen molar-refractivity contribution in [2.75, 3.05) is 0 Å². The van der Waals surface area contributed by atoms with E-state index < -0.39 is 0 Å². The minimum atomic E-state index is 0.676. The van der Waals surface area contributed by atoms with E-state index in [1.165, 1.54) is 0 Å². The molecule has 0 saturated heterocycles. The predicted molar refractivity (Wildman–Crippen MR) is 49.5 cm³/mol. The lowest BCUT2D eigenvalue weighted by Crippen LogP contribution is -2.04. The fourth-order valence-electron chi connectivity index (χ4n) is 1.05. The summed E-state index contributed by atoms with van der Waals surface area (Å²) in [6, 6.07) is 0. The van der Waals surface area contributed by atoms with Crippen LogP contribution in [0.25, 0.3) is 0 Å². The molecule has 3 heteroatoms. The lowest BCUT2D eigenvalue weighted by molar-refractivity contribution is 0.514. The molecule has 0 unspecified atom stereocenters. The zero-order chi connectivity index (χ0) is 8.43. The Morgan fingerprint density at radius 2 is 2.27 bits per heavy atom. The van der Waals surface area contributed by atoms with Gasteiger partial charge in [0.05, 0.1) is 0 Å². The summed E-state index contributed by atoms with van der Waals surface area (Å²) in [6.45, 7) is 7.47. The second kappa shape index (κ2) is 3.39. The highest BCUT2D eigenvalue weighted by Gasteiger charge is 2.02. The number of aryl methyl sites for hydroxylation is 1. The normalized spacial score (nSPS) is 11.0. The van der Waals surface area contributed by atoms with Crippen LogP contribution in [0.5, 0.6) is 0 Å². The average Bonchev–Trinajstić information content (AvgIpc) is 2.09. The van der Waals surface area contributed by atoms with Gasteiger partial charge in [0, 0.05) is 12.7 Å². The summed E-state index contributed by atoms with van der Waals surface area (Å²) in [5.74, 6) is 1.75. The predicted octanol–water partition coefficient (Wildman–Crippen LogP) is 2.61. The summed E-state index contributed by atoms with van der Waals surface area (Å²) >= 11 is 3.34. The molecule has 62 valence electrons. The van der Waals surface area contributed by atoms with Gasteiger partial charge in [0.1, 0.15) is 10.4 Å². The van der Waals surface area contributed by atoms with Crippen LogP contribution < -0.4 is 0 Å². The first-order valence-corrected chi connectivity index (χ1v) is 4.58. The summed E-state index contributed by atoms with van der Waals surface area (Å²) < 4.78 is 3.09. The number of rotatable bonds is 2. The number of hydrogen-bond donors (Lipinski definition) is 0. The minimum absolute atomic E-state index is 0.676. The number of halogens is 1. The van der Waals surface area contributed by atoms with Crippen molar-refractivity contribution in [3.8, 4) is 0 Å². The summed E-state index contributed by atoms with van der Waals surface area (Å²) in [5, 5.41) is 0.